The number of carbonyl (C=O) groups excluding carboxylic acids is 2. The Morgan fingerprint density at radius 2 is 2.00 bits per heavy atom. The van der Waals surface area contributed by atoms with Crippen molar-refractivity contribution in [3.63, 3.8) is 0 Å². The van der Waals surface area contributed by atoms with Crippen molar-refractivity contribution >= 4 is 11.8 Å². The van der Waals surface area contributed by atoms with Crippen molar-refractivity contribution in [2.24, 2.45) is 5.73 Å². The second kappa shape index (κ2) is 8.48. The van der Waals surface area contributed by atoms with Gasteiger partial charge < -0.3 is 16.2 Å². The zero-order valence-electron chi connectivity index (χ0n) is 7.54. The highest BCUT2D eigenvalue weighted by Crippen LogP contribution is 1.78. The summed E-state index contributed by atoms with van der Waals surface area (Å²) in [5, 5.41) is 10.1. The van der Waals surface area contributed by atoms with Crippen LogP contribution in [-0.4, -0.2) is 23.7 Å². The first-order chi connectivity index (χ1) is 5.95. The van der Waals surface area contributed by atoms with E-state index in [1.54, 1.807) is 6.92 Å². The van der Waals surface area contributed by atoms with Crippen LogP contribution in [0, 0.1) is 0 Å². The van der Waals surface area contributed by atoms with Crippen LogP contribution < -0.4 is 11.1 Å². The highest BCUT2D eigenvalue weighted by atomic mass is 16.3. The van der Waals surface area contributed by atoms with Crippen LogP contribution in [0.25, 0.3) is 0 Å². The molecule has 0 bridgehead atoms. The fourth-order valence-corrected chi connectivity index (χ4v) is 0.150. The number of primary amides is 1. The van der Waals surface area contributed by atoms with E-state index in [9.17, 15) is 9.59 Å². The fourth-order valence-electron chi connectivity index (χ4n) is 0.150. The molecule has 0 spiro atoms. The molecule has 0 radical (unpaired) electrons. The molecule has 0 rings (SSSR count). The van der Waals surface area contributed by atoms with Crippen LogP contribution in [-0.2, 0) is 9.59 Å². The Labute approximate surface area is 76.9 Å². The molecule has 0 aliphatic rings. The number of rotatable bonds is 3. The van der Waals surface area contributed by atoms with Crippen molar-refractivity contribution in [2.45, 2.75) is 6.92 Å². The monoisotopic (exact) mass is 186 g/mol. The zero-order valence-corrected chi connectivity index (χ0v) is 7.54. The first-order valence-electron chi connectivity index (χ1n) is 3.42. The minimum absolute atomic E-state index is 0.329. The average Bonchev–Trinajstić information content (AvgIpc) is 2.05. The maximum atomic E-state index is 10.0. The topological polar surface area (TPSA) is 92.4 Å². The van der Waals surface area contributed by atoms with E-state index in [0.29, 0.717) is 5.57 Å². The molecule has 0 aromatic carbocycles. The molecule has 0 aliphatic carbocycles. The van der Waals surface area contributed by atoms with Crippen molar-refractivity contribution in [3.05, 3.63) is 24.8 Å². The molecule has 0 aliphatic heterocycles. The Balaban J connectivity index is 0. The fraction of sp³-hybridized carbons (Fsp3) is 0.250. The van der Waals surface area contributed by atoms with Gasteiger partial charge >= 0.3 is 0 Å². The molecular weight excluding hydrogens is 172 g/mol. The molecule has 2 amide bonds. The van der Waals surface area contributed by atoms with Gasteiger partial charge in [0.15, 0.2) is 0 Å². The number of amides is 2. The Hall–Kier alpha value is -1.62. The number of aliphatic hydroxyl groups excluding tert-OH is 1. The van der Waals surface area contributed by atoms with Gasteiger partial charge in [-0.3, -0.25) is 9.59 Å². The molecular formula is C8H14N2O3. The number of aliphatic hydroxyl groups is 1. The quantitative estimate of drug-likeness (QED) is 0.401. The standard InChI is InChI=1S/C4H7NO2.C4H7NO/c1-2-4(7)5-3-6;1-3(2)4(5)6/h2,6H,1,3H2,(H,5,7);1H2,2H3,(H2,5,6). The van der Waals surface area contributed by atoms with Gasteiger partial charge in [-0.15, -0.1) is 0 Å². The van der Waals surface area contributed by atoms with Crippen LogP contribution in [0.1, 0.15) is 6.92 Å². The predicted octanol–water partition coefficient (Wildman–Crippen LogP) is -0.714. The van der Waals surface area contributed by atoms with Gasteiger partial charge in [-0.25, -0.2) is 0 Å². The van der Waals surface area contributed by atoms with Crippen LogP contribution in [0.5, 0.6) is 0 Å². The second-order valence-corrected chi connectivity index (χ2v) is 2.05. The molecule has 0 heterocycles. The second-order valence-electron chi connectivity index (χ2n) is 2.05. The van der Waals surface area contributed by atoms with Gasteiger partial charge in [0.2, 0.25) is 11.8 Å². The summed E-state index contributed by atoms with van der Waals surface area (Å²) in [6.45, 7) is 7.68. The first-order valence-corrected chi connectivity index (χ1v) is 3.42. The van der Waals surface area contributed by atoms with Crippen LogP contribution in [0.3, 0.4) is 0 Å². The van der Waals surface area contributed by atoms with E-state index in [-0.39, 0.29) is 12.6 Å². The molecule has 0 fully saturated rings. The third kappa shape index (κ3) is 13.4. The van der Waals surface area contributed by atoms with Crippen LogP contribution in [0.15, 0.2) is 24.8 Å². The number of nitrogens with one attached hydrogen (secondary N) is 1. The number of hydrogen-bond acceptors (Lipinski definition) is 3. The van der Waals surface area contributed by atoms with Gasteiger partial charge in [0.05, 0.1) is 0 Å². The minimum atomic E-state index is -0.435. The van der Waals surface area contributed by atoms with Crippen LogP contribution in [0.4, 0.5) is 0 Å². The predicted molar refractivity (Wildman–Crippen MR) is 49.4 cm³/mol. The minimum Gasteiger partial charge on any atom is -0.376 e. The van der Waals surface area contributed by atoms with Gasteiger partial charge in [0, 0.05) is 5.57 Å². The lowest BCUT2D eigenvalue weighted by Gasteiger charge is -1.89. The lowest BCUT2D eigenvalue weighted by atomic mass is 10.3. The van der Waals surface area contributed by atoms with E-state index < -0.39 is 5.91 Å². The lowest BCUT2D eigenvalue weighted by molar-refractivity contribution is -0.117. The van der Waals surface area contributed by atoms with Crippen LogP contribution in [0.2, 0.25) is 0 Å². The Bertz CT molecular complexity index is 199. The highest BCUT2D eigenvalue weighted by Gasteiger charge is 1.86. The number of carbonyl (C=O) groups is 2. The number of nitrogens with two attached hydrogens (primary N) is 1. The van der Waals surface area contributed by atoms with E-state index in [1.165, 1.54) is 0 Å². The molecule has 0 saturated heterocycles. The van der Waals surface area contributed by atoms with Gasteiger partial charge in [-0.1, -0.05) is 13.2 Å². The summed E-state index contributed by atoms with van der Waals surface area (Å²) in [6.07, 6.45) is 1.09. The summed E-state index contributed by atoms with van der Waals surface area (Å²) >= 11 is 0. The summed E-state index contributed by atoms with van der Waals surface area (Å²) in [5.74, 6) is -0.794. The third-order valence-electron chi connectivity index (χ3n) is 0.859. The molecule has 0 aromatic rings. The maximum Gasteiger partial charge on any atom is 0.245 e. The smallest absolute Gasteiger partial charge is 0.245 e. The first kappa shape index (κ1) is 13.9. The summed E-state index contributed by atoms with van der Waals surface area (Å²) in [5.41, 5.74) is 5.09. The van der Waals surface area contributed by atoms with Gasteiger partial charge in [-0.05, 0) is 13.0 Å². The summed E-state index contributed by atoms with van der Waals surface area (Å²) in [7, 11) is 0. The van der Waals surface area contributed by atoms with Gasteiger partial charge in [-0.2, -0.15) is 0 Å². The third-order valence-corrected chi connectivity index (χ3v) is 0.859. The van der Waals surface area contributed by atoms with Crippen molar-refractivity contribution < 1.29 is 14.7 Å². The van der Waals surface area contributed by atoms with Crippen LogP contribution >= 0.6 is 0 Å². The van der Waals surface area contributed by atoms with Crippen molar-refractivity contribution in [1.29, 1.82) is 0 Å². The van der Waals surface area contributed by atoms with Gasteiger partial charge in [0.25, 0.3) is 0 Å². The molecule has 74 valence electrons. The summed E-state index contributed by atoms with van der Waals surface area (Å²) < 4.78 is 0. The van der Waals surface area contributed by atoms with Crippen molar-refractivity contribution in [3.8, 4) is 0 Å². The molecule has 5 heteroatoms. The Morgan fingerprint density at radius 3 is 2.08 bits per heavy atom. The SMILES string of the molecule is C=C(C)C(N)=O.C=CC(=O)NCO. The van der Waals surface area contributed by atoms with E-state index in [1.807, 2.05) is 0 Å². The highest BCUT2D eigenvalue weighted by molar-refractivity contribution is 5.90. The summed E-state index contributed by atoms with van der Waals surface area (Å²) in [4.78, 5) is 19.8. The molecule has 0 atom stereocenters. The normalized spacial score (nSPS) is 7.54. The van der Waals surface area contributed by atoms with E-state index in [2.05, 4.69) is 18.5 Å². The molecule has 4 N–H and O–H groups in total. The van der Waals surface area contributed by atoms with E-state index in [0.717, 1.165) is 6.08 Å². The maximum absolute atomic E-state index is 10.0. The van der Waals surface area contributed by atoms with Gasteiger partial charge in [0.1, 0.15) is 6.73 Å². The molecule has 13 heavy (non-hydrogen) atoms. The zero-order chi connectivity index (χ0) is 10.9. The summed E-state index contributed by atoms with van der Waals surface area (Å²) in [6, 6.07) is 0. The lowest BCUT2D eigenvalue weighted by Crippen LogP contribution is -2.20. The number of hydrogen-bond donors (Lipinski definition) is 3. The molecule has 5 nitrogen and oxygen atoms in total. The average molecular weight is 186 g/mol. The molecule has 0 unspecified atom stereocenters. The van der Waals surface area contributed by atoms with E-state index in [4.69, 9.17) is 10.8 Å². The largest absolute Gasteiger partial charge is 0.376 e. The van der Waals surface area contributed by atoms with Crippen molar-refractivity contribution in [2.75, 3.05) is 6.73 Å². The Morgan fingerprint density at radius 1 is 1.62 bits per heavy atom. The molecule has 0 saturated carbocycles. The van der Waals surface area contributed by atoms with E-state index >= 15 is 0 Å². The Kier molecular flexibility index (Phi) is 9.09. The van der Waals surface area contributed by atoms with Crippen molar-refractivity contribution in [1.82, 2.24) is 5.32 Å². The molecule has 0 aromatic heterocycles.